The molecule has 0 bridgehead atoms. The number of aliphatic hydroxyl groups excluding tert-OH is 1. The third-order valence-corrected chi connectivity index (χ3v) is 1.43. The minimum atomic E-state index is -0.252. The van der Waals surface area contributed by atoms with E-state index in [1.54, 1.807) is 0 Å². The summed E-state index contributed by atoms with van der Waals surface area (Å²) < 4.78 is 0. The van der Waals surface area contributed by atoms with Gasteiger partial charge in [-0.25, -0.2) is 0 Å². The van der Waals surface area contributed by atoms with Crippen molar-refractivity contribution in [3.05, 3.63) is 12.2 Å². The van der Waals surface area contributed by atoms with E-state index in [-0.39, 0.29) is 6.10 Å². The molecule has 0 radical (unpaired) electrons. The molecular weight excluding hydrogens is 136 g/mol. The van der Waals surface area contributed by atoms with Crippen LogP contribution in [0.15, 0.2) is 12.2 Å². The van der Waals surface area contributed by atoms with Gasteiger partial charge in [-0.15, -0.1) is 0 Å². The average molecular weight is 156 g/mol. The van der Waals surface area contributed by atoms with E-state index in [4.69, 9.17) is 0 Å². The summed E-state index contributed by atoms with van der Waals surface area (Å²) in [6.07, 6.45) is 4.55. The van der Waals surface area contributed by atoms with Gasteiger partial charge < -0.3 is 5.11 Å². The van der Waals surface area contributed by atoms with Crippen LogP contribution in [0.5, 0.6) is 0 Å². The fourth-order valence-corrected chi connectivity index (χ4v) is 0.912. The molecule has 0 aromatic rings. The lowest BCUT2D eigenvalue weighted by Gasteiger charge is -2.08. The Labute approximate surface area is 70.1 Å². The standard InChI is InChI=1S/C10H20O/c1-8(2)5-6-10(11)7-9(3)4/h5-6,8-11H,7H2,1-4H3. The summed E-state index contributed by atoms with van der Waals surface area (Å²) in [5.74, 6) is 1.11. The third-order valence-electron chi connectivity index (χ3n) is 1.43. The Bertz CT molecular complexity index is 114. The Morgan fingerprint density at radius 2 is 1.64 bits per heavy atom. The fourth-order valence-electron chi connectivity index (χ4n) is 0.912. The van der Waals surface area contributed by atoms with Crippen LogP contribution in [0.4, 0.5) is 0 Å². The van der Waals surface area contributed by atoms with Gasteiger partial charge in [0, 0.05) is 0 Å². The molecule has 0 spiro atoms. The summed E-state index contributed by atoms with van der Waals surface area (Å²) in [7, 11) is 0. The van der Waals surface area contributed by atoms with Crippen molar-refractivity contribution in [1.29, 1.82) is 0 Å². The minimum absolute atomic E-state index is 0.252. The van der Waals surface area contributed by atoms with Gasteiger partial charge >= 0.3 is 0 Å². The molecule has 0 saturated carbocycles. The monoisotopic (exact) mass is 156 g/mol. The van der Waals surface area contributed by atoms with Crippen LogP contribution in [0.25, 0.3) is 0 Å². The number of hydrogen-bond donors (Lipinski definition) is 1. The van der Waals surface area contributed by atoms with Crippen LogP contribution in [-0.4, -0.2) is 11.2 Å². The first-order chi connectivity index (χ1) is 5.02. The van der Waals surface area contributed by atoms with Gasteiger partial charge in [-0.05, 0) is 18.3 Å². The second kappa shape index (κ2) is 5.36. The second-order valence-corrected chi connectivity index (χ2v) is 3.83. The smallest absolute Gasteiger partial charge is 0.0723 e. The molecule has 0 aromatic carbocycles. The molecule has 1 atom stereocenters. The van der Waals surface area contributed by atoms with Crippen LogP contribution >= 0.6 is 0 Å². The summed E-state index contributed by atoms with van der Waals surface area (Å²) >= 11 is 0. The quantitative estimate of drug-likeness (QED) is 0.620. The highest BCUT2D eigenvalue weighted by atomic mass is 16.3. The number of allylic oxidation sites excluding steroid dienone is 1. The predicted octanol–water partition coefficient (Wildman–Crippen LogP) is 2.61. The maximum atomic E-state index is 9.38. The lowest BCUT2D eigenvalue weighted by molar-refractivity contribution is 0.194. The summed E-state index contributed by atoms with van der Waals surface area (Å²) in [6.45, 7) is 8.45. The topological polar surface area (TPSA) is 20.2 Å². The molecule has 0 amide bonds. The molecular formula is C10H20O. The lowest BCUT2D eigenvalue weighted by atomic mass is 10.0. The van der Waals surface area contributed by atoms with Gasteiger partial charge in [0.1, 0.15) is 0 Å². The van der Waals surface area contributed by atoms with Crippen molar-refractivity contribution < 1.29 is 5.11 Å². The molecule has 1 heteroatoms. The molecule has 66 valence electrons. The van der Waals surface area contributed by atoms with Crippen molar-refractivity contribution in [2.24, 2.45) is 11.8 Å². The Balaban J connectivity index is 3.59. The molecule has 0 aliphatic heterocycles. The van der Waals surface area contributed by atoms with Crippen LogP contribution in [0.2, 0.25) is 0 Å². The first-order valence-corrected chi connectivity index (χ1v) is 4.38. The highest BCUT2D eigenvalue weighted by Gasteiger charge is 2.01. The normalized spacial score (nSPS) is 15.2. The molecule has 1 N–H and O–H groups in total. The van der Waals surface area contributed by atoms with Crippen LogP contribution in [0.1, 0.15) is 34.1 Å². The van der Waals surface area contributed by atoms with Crippen molar-refractivity contribution in [3.8, 4) is 0 Å². The first-order valence-electron chi connectivity index (χ1n) is 4.38. The Hall–Kier alpha value is -0.300. The van der Waals surface area contributed by atoms with Crippen molar-refractivity contribution in [2.75, 3.05) is 0 Å². The molecule has 1 nitrogen and oxygen atoms in total. The Kier molecular flexibility index (Phi) is 5.22. The lowest BCUT2D eigenvalue weighted by Crippen LogP contribution is -2.06. The first kappa shape index (κ1) is 10.7. The van der Waals surface area contributed by atoms with Crippen molar-refractivity contribution in [1.82, 2.24) is 0 Å². The fraction of sp³-hybridized carbons (Fsp3) is 0.800. The van der Waals surface area contributed by atoms with Crippen molar-refractivity contribution in [2.45, 2.75) is 40.2 Å². The van der Waals surface area contributed by atoms with Gasteiger partial charge in [0.25, 0.3) is 0 Å². The average Bonchev–Trinajstić information content (AvgIpc) is 1.82. The zero-order chi connectivity index (χ0) is 8.85. The molecule has 0 fully saturated rings. The van der Waals surface area contributed by atoms with E-state index in [0.717, 1.165) is 6.42 Å². The number of aliphatic hydroxyl groups is 1. The summed E-state index contributed by atoms with van der Waals surface area (Å²) in [4.78, 5) is 0. The third kappa shape index (κ3) is 7.60. The van der Waals surface area contributed by atoms with Crippen molar-refractivity contribution in [3.63, 3.8) is 0 Å². The second-order valence-electron chi connectivity index (χ2n) is 3.83. The van der Waals surface area contributed by atoms with Gasteiger partial charge in [-0.2, -0.15) is 0 Å². The molecule has 0 saturated heterocycles. The summed E-state index contributed by atoms with van der Waals surface area (Å²) in [5.41, 5.74) is 0. The van der Waals surface area contributed by atoms with E-state index in [0.29, 0.717) is 11.8 Å². The maximum absolute atomic E-state index is 9.38. The maximum Gasteiger partial charge on any atom is 0.0723 e. The van der Waals surface area contributed by atoms with E-state index in [1.807, 2.05) is 12.2 Å². The van der Waals surface area contributed by atoms with Gasteiger partial charge in [-0.1, -0.05) is 39.8 Å². The van der Waals surface area contributed by atoms with Gasteiger partial charge in [0.2, 0.25) is 0 Å². The molecule has 0 aromatic heterocycles. The largest absolute Gasteiger partial charge is 0.389 e. The molecule has 11 heavy (non-hydrogen) atoms. The van der Waals surface area contributed by atoms with Gasteiger partial charge in [0.05, 0.1) is 6.10 Å². The van der Waals surface area contributed by atoms with E-state index >= 15 is 0 Å². The zero-order valence-corrected chi connectivity index (χ0v) is 8.04. The van der Waals surface area contributed by atoms with Gasteiger partial charge in [0.15, 0.2) is 0 Å². The number of hydrogen-bond acceptors (Lipinski definition) is 1. The van der Waals surface area contributed by atoms with E-state index in [2.05, 4.69) is 27.7 Å². The van der Waals surface area contributed by atoms with Crippen LogP contribution in [0.3, 0.4) is 0 Å². The van der Waals surface area contributed by atoms with E-state index in [1.165, 1.54) is 0 Å². The number of rotatable bonds is 4. The molecule has 0 heterocycles. The molecule has 0 rings (SSSR count). The highest BCUT2D eigenvalue weighted by Crippen LogP contribution is 2.06. The molecule has 0 aliphatic rings. The summed E-state index contributed by atoms with van der Waals surface area (Å²) in [5, 5.41) is 9.38. The SMILES string of the molecule is CC(C)C=CC(O)CC(C)C. The predicted molar refractivity (Wildman–Crippen MR) is 49.4 cm³/mol. The Morgan fingerprint density at radius 1 is 1.09 bits per heavy atom. The summed E-state index contributed by atoms with van der Waals surface area (Å²) in [6, 6.07) is 0. The minimum Gasteiger partial charge on any atom is -0.389 e. The van der Waals surface area contributed by atoms with Gasteiger partial charge in [-0.3, -0.25) is 0 Å². The molecule has 1 unspecified atom stereocenters. The van der Waals surface area contributed by atoms with E-state index in [9.17, 15) is 5.11 Å². The Morgan fingerprint density at radius 3 is 2.00 bits per heavy atom. The van der Waals surface area contributed by atoms with E-state index < -0.39 is 0 Å². The van der Waals surface area contributed by atoms with Crippen LogP contribution < -0.4 is 0 Å². The van der Waals surface area contributed by atoms with Crippen molar-refractivity contribution >= 4 is 0 Å². The van der Waals surface area contributed by atoms with Crippen LogP contribution in [0, 0.1) is 11.8 Å². The van der Waals surface area contributed by atoms with Crippen LogP contribution in [-0.2, 0) is 0 Å². The highest BCUT2D eigenvalue weighted by molar-refractivity contribution is 4.90. The zero-order valence-electron chi connectivity index (χ0n) is 8.04. The molecule has 0 aliphatic carbocycles.